The molecule has 0 spiro atoms. The van der Waals surface area contributed by atoms with E-state index in [1.165, 1.54) is 23.2 Å². The van der Waals surface area contributed by atoms with Gasteiger partial charge in [0.05, 0.1) is 12.1 Å². The van der Waals surface area contributed by atoms with E-state index < -0.39 is 0 Å². The first-order valence-corrected chi connectivity index (χ1v) is 7.93. The lowest BCUT2D eigenvalue weighted by Gasteiger charge is -2.43. The van der Waals surface area contributed by atoms with Crippen LogP contribution in [-0.4, -0.2) is 6.61 Å². The first-order chi connectivity index (χ1) is 10.3. The van der Waals surface area contributed by atoms with Gasteiger partial charge in [-0.25, -0.2) is 0 Å². The van der Waals surface area contributed by atoms with Crippen molar-refractivity contribution in [1.82, 2.24) is 0 Å². The smallest absolute Gasteiger partial charge is 0.0895 e. The third kappa shape index (κ3) is 2.33. The van der Waals surface area contributed by atoms with Crippen LogP contribution in [0.15, 0.2) is 48.5 Å². The zero-order valence-electron chi connectivity index (χ0n) is 11.8. The minimum atomic E-state index is 0.205. The van der Waals surface area contributed by atoms with Crippen LogP contribution in [0.3, 0.4) is 0 Å². The van der Waals surface area contributed by atoms with Gasteiger partial charge in [-0.3, -0.25) is 0 Å². The van der Waals surface area contributed by atoms with E-state index in [1.807, 2.05) is 12.1 Å². The maximum atomic E-state index is 6.12. The number of hydrogen-bond acceptors (Lipinski definition) is 2. The molecular formula is C18H18ClNO. The monoisotopic (exact) mass is 299 g/mol. The number of fused-ring (bicyclic) bond motifs is 3. The molecule has 0 saturated carbocycles. The molecule has 0 radical (unpaired) electrons. The molecule has 2 heterocycles. The highest BCUT2D eigenvalue weighted by atomic mass is 35.5. The average Bonchev–Trinajstić information content (AvgIpc) is 2.55. The Balaban J connectivity index is 1.76. The van der Waals surface area contributed by atoms with E-state index in [-0.39, 0.29) is 6.10 Å². The Morgan fingerprint density at radius 3 is 2.71 bits per heavy atom. The average molecular weight is 300 g/mol. The fourth-order valence-corrected chi connectivity index (χ4v) is 3.74. The Morgan fingerprint density at radius 2 is 1.86 bits per heavy atom. The Kier molecular flexibility index (Phi) is 3.36. The van der Waals surface area contributed by atoms with Crippen LogP contribution in [0.4, 0.5) is 5.69 Å². The molecule has 2 aromatic carbocycles. The van der Waals surface area contributed by atoms with E-state index in [4.69, 9.17) is 16.3 Å². The Hall–Kier alpha value is -1.51. The Bertz CT molecular complexity index is 640. The summed E-state index contributed by atoms with van der Waals surface area (Å²) in [7, 11) is 0. The molecule has 0 aromatic heterocycles. The van der Waals surface area contributed by atoms with Gasteiger partial charge < -0.3 is 10.1 Å². The number of hydrogen-bond donors (Lipinski definition) is 1. The van der Waals surface area contributed by atoms with Gasteiger partial charge in [-0.15, -0.1) is 0 Å². The maximum Gasteiger partial charge on any atom is 0.0895 e. The molecule has 1 N–H and O–H groups in total. The molecule has 2 aliphatic heterocycles. The second kappa shape index (κ2) is 5.36. The van der Waals surface area contributed by atoms with Crippen molar-refractivity contribution in [3.8, 4) is 0 Å². The molecule has 1 fully saturated rings. The molecule has 3 atom stereocenters. The summed E-state index contributed by atoms with van der Waals surface area (Å²) in [4.78, 5) is 0. The van der Waals surface area contributed by atoms with Gasteiger partial charge in [-0.2, -0.15) is 0 Å². The number of halogens is 1. The molecule has 108 valence electrons. The van der Waals surface area contributed by atoms with Crippen LogP contribution in [-0.2, 0) is 4.74 Å². The van der Waals surface area contributed by atoms with Gasteiger partial charge in [-0.05, 0) is 36.6 Å². The van der Waals surface area contributed by atoms with Crippen LogP contribution < -0.4 is 5.32 Å². The number of anilines is 1. The van der Waals surface area contributed by atoms with Crippen molar-refractivity contribution >= 4 is 17.3 Å². The molecule has 0 aliphatic carbocycles. The lowest BCUT2D eigenvalue weighted by Crippen LogP contribution is -2.35. The fourth-order valence-electron chi connectivity index (χ4n) is 3.62. The zero-order chi connectivity index (χ0) is 14.2. The number of ether oxygens (including phenoxy) is 1. The molecule has 0 bridgehead atoms. The highest BCUT2D eigenvalue weighted by molar-refractivity contribution is 6.30. The predicted molar refractivity (Wildman–Crippen MR) is 85.7 cm³/mol. The minimum Gasteiger partial charge on any atom is -0.378 e. The molecule has 2 aliphatic rings. The first-order valence-electron chi connectivity index (χ1n) is 7.55. The molecule has 21 heavy (non-hydrogen) atoms. The van der Waals surface area contributed by atoms with Gasteiger partial charge in [0, 0.05) is 28.8 Å². The highest BCUT2D eigenvalue weighted by Gasteiger charge is 2.39. The molecule has 2 unspecified atom stereocenters. The lowest BCUT2D eigenvalue weighted by atomic mass is 9.77. The summed E-state index contributed by atoms with van der Waals surface area (Å²) in [6.45, 7) is 0.864. The number of rotatable bonds is 1. The van der Waals surface area contributed by atoms with E-state index in [0.29, 0.717) is 12.0 Å². The van der Waals surface area contributed by atoms with Crippen LogP contribution in [0, 0.1) is 5.92 Å². The van der Waals surface area contributed by atoms with E-state index in [2.05, 4.69) is 41.7 Å². The van der Waals surface area contributed by atoms with Gasteiger partial charge in [0.2, 0.25) is 0 Å². The van der Waals surface area contributed by atoms with Crippen molar-refractivity contribution in [2.75, 3.05) is 11.9 Å². The predicted octanol–water partition coefficient (Wildman–Crippen LogP) is 4.97. The van der Waals surface area contributed by atoms with Crippen LogP contribution in [0.2, 0.25) is 5.02 Å². The number of benzene rings is 2. The van der Waals surface area contributed by atoms with Gasteiger partial charge >= 0.3 is 0 Å². The molecule has 2 nitrogen and oxygen atoms in total. The summed E-state index contributed by atoms with van der Waals surface area (Å²) in [5.41, 5.74) is 3.78. The first kappa shape index (κ1) is 13.2. The summed E-state index contributed by atoms with van der Waals surface area (Å²) in [5, 5.41) is 4.49. The third-order valence-corrected chi connectivity index (χ3v) is 4.86. The Morgan fingerprint density at radius 1 is 1.05 bits per heavy atom. The minimum absolute atomic E-state index is 0.205. The highest BCUT2D eigenvalue weighted by Crippen LogP contribution is 2.48. The van der Waals surface area contributed by atoms with Crippen molar-refractivity contribution in [3.05, 3.63) is 64.7 Å². The van der Waals surface area contributed by atoms with E-state index in [9.17, 15) is 0 Å². The van der Waals surface area contributed by atoms with Crippen molar-refractivity contribution in [3.63, 3.8) is 0 Å². The normalized spacial score (nSPS) is 27.4. The molecule has 2 aromatic rings. The quantitative estimate of drug-likeness (QED) is 0.802. The third-order valence-electron chi connectivity index (χ3n) is 4.60. The number of nitrogens with one attached hydrogen (secondary N) is 1. The summed E-state index contributed by atoms with van der Waals surface area (Å²) < 4.78 is 6.12. The van der Waals surface area contributed by atoms with Gasteiger partial charge in [0.25, 0.3) is 0 Å². The van der Waals surface area contributed by atoms with Gasteiger partial charge in [-0.1, -0.05) is 41.9 Å². The van der Waals surface area contributed by atoms with Crippen LogP contribution in [0.5, 0.6) is 0 Å². The zero-order valence-corrected chi connectivity index (χ0v) is 12.5. The van der Waals surface area contributed by atoms with Crippen molar-refractivity contribution in [2.45, 2.75) is 25.0 Å². The van der Waals surface area contributed by atoms with Crippen LogP contribution in [0.1, 0.15) is 36.1 Å². The van der Waals surface area contributed by atoms with Crippen molar-refractivity contribution < 1.29 is 4.74 Å². The molecule has 1 saturated heterocycles. The largest absolute Gasteiger partial charge is 0.378 e. The topological polar surface area (TPSA) is 21.3 Å². The summed E-state index contributed by atoms with van der Waals surface area (Å²) in [6.07, 6.45) is 2.53. The fraction of sp³-hybridized carbons (Fsp3) is 0.333. The summed E-state index contributed by atoms with van der Waals surface area (Å²) in [6, 6.07) is 17.0. The second-order valence-electron chi connectivity index (χ2n) is 5.86. The van der Waals surface area contributed by atoms with Gasteiger partial charge in [0.15, 0.2) is 0 Å². The summed E-state index contributed by atoms with van der Waals surface area (Å²) >= 11 is 6.02. The van der Waals surface area contributed by atoms with E-state index in [0.717, 1.165) is 18.1 Å². The lowest BCUT2D eigenvalue weighted by molar-refractivity contribution is -0.0381. The van der Waals surface area contributed by atoms with E-state index in [1.54, 1.807) is 0 Å². The second-order valence-corrected chi connectivity index (χ2v) is 6.29. The van der Waals surface area contributed by atoms with E-state index >= 15 is 0 Å². The molecule has 3 heteroatoms. The Labute approximate surface area is 130 Å². The van der Waals surface area contributed by atoms with Gasteiger partial charge in [0.1, 0.15) is 0 Å². The number of para-hydroxylation sites is 1. The SMILES string of the molecule is Clc1ccc([C@@H]2Nc3ccccc3C3OCCCC32)cc1. The van der Waals surface area contributed by atoms with Crippen molar-refractivity contribution in [1.29, 1.82) is 0 Å². The standard InChI is InChI=1S/C18H18ClNO/c19-13-9-7-12(8-10-13)17-15-5-3-11-21-18(15)14-4-1-2-6-16(14)20-17/h1-2,4,6-10,15,17-18,20H,3,5,11H2/t15?,17-,18?/m0/s1. The maximum absolute atomic E-state index is 6.12. The van der Waals surface area contributed by atoms with Crippen LogP contribution in [0.25, 0.3) is 0 Å². The van der Waals surface area contributed by atoms with Crippen molar-refractivity contribution in [2.24, 2.45) is 5.92 Å². The summed E-state index contributed by atoms with van der Waals surface area (Å²) in [5.74, 6) is 0.481. The molecular weight excluding hydrogens is 282 g/mol. The molecule has 4 rings (SSSR count). The van der Waals surface area contributed by atoms with Crippen LogP contribution >= 0.6 is 11.6 Å². The molecule has 0 amide bonds.